The van der Waals surface area contributed by atoms with Crippen molar-refractivity contribution in [1.82, 2.24) is 14.5 Å². The first-order chi connectivity index (χ1) is 13.4. The van der Waals surface area contributed by atoms with E-state index in [0.29, 0.717) is 44.0 Å². The summed E-state index contributed by atoms with van der Waals surface area (Å²) in [5.41, 5.74) is 3.33. The van der Waals surface area contributed by atoms with E-state index in [4.69, 9.17) is 4.74 Å². The van der Waals surface area contributed by atoms with Gasteiger partial charge < -0.3 is 10.1 Å². The van der Waals surface area contributed by atoms with Gasteiger partial charge in [0.15, 0.2) is 0 Å². The minimum atomic E-state index is -3.62. The molecule has 28 heavy (non-hydrogen) atoms. The van der Waals surface area contributed by atoms with Gasteiger partial charge in [-0.25, -0.2) is 8.42 Å². The molecule has 2 aromatic rings. The van der Waals surface area contributed by atoms with Crippen LogP contribution >= 0.6 is 0 Å². The van der Waals surface area contributed by atoms with Gasteiger partial charge in [-0.05, 0) is 49.4 Å². The Balaban J connectivity index is 1.51. The molecule has 1 saturated heterocycles. The van der Waals surface area contributed by atoms with Crippen molar-refractivity contribution in [2.45, 2.75) is 31.1 Å². The van der Waals surface area contributed by atoms with Crippen LogP contribution in [0.1, 0.15) is 23.2 Å². The van der Waals surface area contributed by atoms with Crippen LogP contribution in [0.3, 0.4) is 0 Å². The molecule has 9 heteroatoms. The van der Waals surface area contributed by atoms with E-state index >= 15 is 0 Å². The number of ether oxygens (including phenoxy) is 1. The first-order valence-corrected chi connectivity index (χ1v) is 10.9. The molecule has 2 N–H and O–H groups in total. The summed E-state index contributed by atoms with van der Waals surface area (Å²) in [4.78, 5) is 13.0. The molecule has 0 unspecified atom stereocenters. The van der Waals surface area contributed by atoms with E-state index in [1.165, 1.54) is 4.31 Å². The third-order valence-corrected chi connectivity index (χ3v) is 7.47. The normalized spacial score (nSPS) is 20.5. The van der Waals surface area contributed by atoms with Crippen LogP contribution in [-0.4, -0.2) is 55.1 Å². The van der Waals surface area contributed by atoms with Gasteiger partial charge in [-0.2, -0.15) is 9.40 Å². The van der Waals surface area contributed by atoms with E-state index in [2.05, 4.69) is 15.5 Å². The Morgan fingerprint density at radius 1 is 1.32 bits per heavy atom. The molecular weight excluding hydrogens is 380 g/mol. The van der Waals surface area contributed by atoms with Crippen molar-refractivity contribution in [2.24, 2.45) is 5.92 Å². The van der Waals surface area contributed by atoms with E-state index < -0.39 is 10.0 Å². The van der Waals surface area contributed by atoms with Gasteiger partial charge >= 0.3 is 0 Å². The number of carbonyl (C=O) groups excluding carboxylic acids is 1. The number of sulfonamides is 1. The fourth-order valence-corrected chi connectivity index (χ4v) is 5.42. The number of aromatic nitrogens is 2. The number of morpholine rings is 1. The van der Waals surface area contributed by atoms with Gasteiger partial charge in [0.25, 0.3) is 0 Å². The molecule has 8 nitrogen and oxygen atoms in total. The van der Waals surface area contributed by atoms with Crippen LogP contribution in [0.25, 0.3) is 0 Å². The fraction of sp³-hybridized carbons (Fsp3) is 0.474. The number of anilines is 1. The molecule has 2 heterocycles. The molecule has 1 aromatic carbocycles. The Kier molecular flexibility index (Phi) is 5.22. The minimum Gasteiger partial charge on any atom is -0.379 e. The van der Waals surface area contributed by atoms with Gasteiger partial charge in [0.1, 0.15) is 0 Å². The molecule has 1 aliphatic heterocycles. The summed E-state index contributed by atoms with van der Waals surface area (Å²) in [7, 11) is -3.62. The molecule has 1 atom stereocenters. The first kappa shape index (κ1) is 19.1. The summed E-state index contributed by atoms with van der Waals surface area (Å²) in [5, 5.41) is 9.90. The molecule has 0 radical (unpaired) electrons. The maximum atomic E-state index is 13.0. The second-order valence-electron chi connectivity index (χ2n) is 7.30. The third-order valence-electron chi connectivity index (χ3n) is 5.43. The van der Waals surface area contributed by atoms with Crippen LogP contribution in [0.15, 0.2) is 29.3 Å². The van der Waals surface area contributed by atoms with Crippen LogP contribution in [0.5, 0.6) is 0 Å². The molecule has 0 spiro atoms. The van der Waals surface area contributed by atoms with Gasteiger partial charge in [0, 0.05) is 30.4 Å². The fourth-order valence-electron chi connectivity index (χ4n) is 3.77. The lowest BCUT2D eigenvalue weighted by molar-refractivity contribution is -0.120. The number of fused-ring (bicyclic) bond motifs is 1. The van der Waals surface area contributed by atoms with Gasteiger partial charge in [0.2, 0.25) is 15.9 Å². The Morgan fingerprint density at radius 3 is 2.89 bits per heavy atom. The summed E-state index contributed by atoms with van der Waals surface area (Å²) in [5.74, 6) is -0.240. The predicted molar refractivity (Wildman–Crippen MR) is 103 cm³/mol. The van der Waals surface area contributed by atoms with E-state index in [1.54, 1.807) is 31.3 Å². The van der Waals surface area contributed by atoms with Gasteiger partial charge in [-0.1, -0.05) is 6.07 Å². The van der Waals surface area contributed by atoms with Crippen LogP contribution in [-0.2, 0) is 32.4 Å². The lowest BCUT2D eigenvalue weighted by Crippen LogP contribution is -2.40. The highest BCUT2D eigenvalue weighted by Gasteiger charge is 2.29. The molecule has 0 bridgehead atoms. The van der Waals surface area contributed by atoms with Crippen molar-refractivity contribution in [3.63, 3.8) is 0 Å². The number of hydrogen-bond donors (Lipinski definition) is 2. The summed E-state index contributed by atoms with van der Waals surface area (Å²) >= 11 is 0. The molecule has 1 aromatic heterocycles. The number of benzene rings is 1. The second-order valence-corrected chi connectivity index (χ2v) is 9.21. The molecular formula is C19H24N4O4S. The highest BCUT2D eigenvalue weighted by molar-refractivity contribution is 7.89. The van der Waals surface area contributed by atoms with E-state index in [0.717, 1.165) is 24.1 Å². The lowest BCUT2D eigenvalue weighted by atomic mass is 9.87. The van der Waals surface area contributed by atoms with Crippen LogP contribution < -0.4 is 5.32 Å². The third kappa shape index (κ3) is 3.69. The highest BCUT2D eigenvalue weighted by atomic mass is 32.2. The predicted octanol–water partition coefficient (Wildman–Crippen LogP) is 1.48. The van der Waals surface area contributed by atoms with Crippen molar-refractivity contribution in [1.29, 1.82) is 0 Å². The zero-order valence-corrected chi connectivity index (χ0v) is 16.6. The number of nitrogens with one attached hydrogen (secondary N) is 2. The Bertz CT molecular complexity index is 980. The number of aryl methyl sites for hydroxylation is 2. The number of amides is 1. The quantitative estimate of drug-likeness (QED) is 0.803. The SMILES string of the molecule is Cc1ccc(NC(=O)[C@H]2CCc3[nH]ncc3C2)cc1S(=O)(=O)N1CCOCC1. The molecule has 150 valence electrons. The van der Waals surface area contributed by atoms with E-state index in [9.17, 15) is 13.2 Å². The average Bonchev–Trinajstić information content (AvgIpc) is 3.18. The van der Waals surface area contributed by atoms with Crippen molar-refractivity contribution < 1.29 is 17.9 Å². The largest absolute Gasteiger partial charge is 0.379 e. The average molecular weight is 404 g/mol. The molecule has 0 saturated carbocycles. The number of rotatable bonds is 4. The standard InChI is InChI=1S/C19H24N4O4S/c1-13-2-4-16(11-18(13)28(25,26)23-6-8-27-9-7-23)21-19(24)14-3-5-17-15(10-14)12-20-22-17/h2,4,11-12,14H,3,5-10H2,1H3,(H,20,22)(H,21,24)/t14-/m0/s1. The zero-order chi connectivity index (χ0) is 19.7. The number of H-pyrrole nitrogens is 1. The zero-order valence-electron chi connectivity index (χ0n) is 15.8. The number of carbonyl (C=O) groups is 1. The summed E-state index contributed by atoms with van der Waals surface area (Å²) in [6, 6.07) is 5.04. The molecule has 1 fully saturated rings. The molecule has 4 rings (SSSR count). The highest BCUT2D eigenvalue weighted by Crippen LogP contribution is 2.27. The van der Waals surface area contributed by atoms with Crippen molar-refractivity contribution in [2.75, 3.05) is 31.6 Å². The van der Waals surface area contributed by atoms with Crippen LogP contribution in [0.2, 0.25) is 0 Å². The second kappa shape index (κ2) is 7.65. The Hall–Kier alpha value is -2.23. The van der Waals surface area contributed by atoms with Crippen molar-refractivity contribution >= 4 is 21.6 Å². The first-order valence-electron chi connectivity index (χ1n) is 9.45. The van der Waals surface area contributed by atoms with Crippen LogP contribution in [0, 0.1) is 12.8 Å². The topological polar surface area (TPSA) is 104 Å². The maximum absolute atomic E-state index is 13.0. The smallest absolute Gasteiger partial charge is 0.243 e. The van der Waals surface area contributed by atoms with Crippen molar-refractivity contribution in [3.05, 3.63) is 41.2 Å². The molecule has 1 amide bonds. The Labute approximate surface area is 164 Å². The maximum Gasteiger partial charge on any atom is 0.243 e. The summed E-state index contributed by atoms with van der Waals surface area (Å²) in [6.07, 6.45) is 3.94. The lowest BCUT2D eigenvalue weighted by Gasteiger charge is -2.27. The Morgan fingerprint density at radius 2 is 2.11 bits per heavy atom. The van der Waals surface area contributed by atoms with E-state index in [1.807, 2.05) is 0 Å². The minimum absolute atomic E-state index is 0.0922. The van der Waals surface area contributed by atoms with Gasteiger partial charge in [-0.15, -0.1) is 0 Å². The van der Waals surface area contributed by atoms with Gasteiger partial charge in [-0.3, -0.25) is 9.89 Å². The number of hydrogen-bond acceptors (Lipinski definition) is 5. The van der Waals surface area contributed by atoms with Crippen molar-refractivity contribution in [3.8, 4) is 0 Å². The van der Waals surface area contributed by atoms with Gasteiger partial charge in [0.05, 0.1) is 24.3 Å². The van der Waals surface area contributed by atoms with Crippen LogP contribution in [0.4, 0.5) is 5.69 Å². The molecule has 1 aliphatic carbocycles. The summed E-state index contributed by atoms with van der Waals surface area (Å²) < 4.78 is 32.7. The van der Waals surface area contributed by atoms with E-state index in [-0.39, 0.29) is 16.7 Å². The number of aromatic amines is 1. The number of nitrogens with zero attached hydrogens (tertiary/aromatic N) is 2. The monoisotopic (exact) mass is 404 g/mol. The molecule has 2 aliphatic rings. The summed E-state index contributed by atoms with van der Waals surface area (Å²) in [6.45, 7) is 3.24.